The highest BCUT2D eigenvalue weighted by Gasteiger charge is 2.46. The first kappa shape index (κ1) is 17.5. The number of fused-ring (bicyclic) bond motifs is 1. The van der Waals surface area contributed by atoms with E-state index in [1.165, 1.54) is 4.88 Å². The molecule has 28 heavy (non-hydrogen) atoms. The van der Waals surface area contributed by atoms with Crippen LogP contribution in [0.15, 0.2) is 48.0 Å². The van der Waals surface area contributed by atoms with Gasteiger partial charge < -0.3 is 14.8 Å². The summed E-state index contributed by atoms with van der Waals surface area (Å²) in [5, 5.41) is 3.19. The highest BCUT2D eigenvalue weighted by Crippen LogP contribution is 2.50. The van der Waals surface area contributed by atoms with Crippen LogP contribution in [-0.4, -0.2) is 52.8 Å². The summed E-state index contributed by atoms with van der Waals surface area (Å²) >= 11 is 1.74. The molecule has 2 unspecified atom stereocenters. The molecule has 3 heterocycles. The Labute approximate surface area is 168 Å². The average Bonchev–Trinajstić information content (AvgIpc) is 3.14. The fraction of sp³-hybridized carbons (Fsp3) is 0.364. The lowest BCUT2D eigenvalue weighted by Gasteiger charge is -2.35. The molecule has 1 saturated carbocycles. The van der Waals surface area contributed by atoms with Crippen molar-refractivity contribution in [3.63, 3.8) is 0 Å². The largest absolute Gasteiger partial charge is 0.361 e. The molecule has 1 aliphatic heterocycles. The lowest BCUT2D eigenvalue weighted by atomic mass is 10.1. The van der Waals surface area contributed by atoms with Crippen LogP contribution in [0, 0.1) is 5.92 Å². The normalized spacial score (nSPS) is 21.9. The fourth-order valence-electron chi connectivity index (χ4n) is 4.25. The summed E-state index contributed by atoms with van der Waals surface area (Å²) in [6.07, 6.45) is 3.31. The van der Waals surface area contributed by atoms with E-state index >= 15 is 0 Å². The molecule has 5 nitrogen and oxygen atoms in total. The first-order chi connectivity index (χ1) is 13.7. The molecule has 144 valence electrons. The maximum absolute atomic E-state index is 12.8. The van der Waals surface area contributed by atoms with Crippen LogP contribution in [0.25, 0.3) is 10.9 Å². The molecular weight excluding hydrogens is 370 g/mol. The Hall–Kier alpha value is -2.60. The second-order valence-electron chi connectivity index (χ2n) is 7.71. The SMILES string of the molecule is O=C(Cc1c[nH]c2ccccc12)N1CCN(C(=O)C2CC2c2cccs2)CC1. The summed E-state index contributed by atoms with van der Waals surface area (Å²) in [7, 11) is 0. The van der Waals surface area contributed by atoms with Crippen LogP contribution >= 0.6 is 11.3 Å². The predicted molar refractivity (Wildman–Crippen MR) is 110 cm³/mol. The summed E-state index contributed by atoms with van der Waals surface area (Å²) in [5.74, 6) is 0.961. The highest BCUT2D eigenvalue weighted by atomic mass is 32.1. The number of amides is 2. The average molecular weight is 394 g/mol. The molecule has 2 aromatic heterocycles. The number of carbonyl (C=O) groups excluding carboxylic acids is 2. The number of benzene rings is 1. The van der Waals surface area contributed by atoms with Gasteiger partial charge in [0, 0.05) is 60.0 Å². The molecule has 2 aliphatic rings. The lowest BCUT2D eigenvalue weighted by molar-refractivity contribution is -0.140. The van der Waals surface area contributed by atoms with E-state index in [2.05, 4.69) is 22.5 Å². The van der Waals surface area contributed by atoms with Crippen LogP contribution in [-0.2, 0) is 16.0 Å². The van der Waals surface area contributed by atoms with E-state index < -0.39 is 0 Å². The van der Waals surface area contributed by atoms with Gasteiger partial charge in [0.15, 0.2) is 0 Å². The van der Waals surface area contributed by atoms with Gasteiger partial charge in [0.05, 0.1) is 6.42 Å². The third-order valence-electron chi connectivity index (χ3n) is 5.98. The van der Waals surface area contributed by atoms with Crippen molar-refractivity contribution < 1.29 is 9.59 Å². The molecule has 1 aliphatic carbocycles. The Kier molecular flexibility index (Phi) is 4.43. The molecule has 5 rings (SSSR count). The van der Waals surface area contributed by atoms with Gasteiger partial charge in [-0.05, 0) is 29.5 Å². The smallest absolute Gasteiger partial charge is 0.227 e. The molecule has 0 radical (unpaired) electrons. The molecule has 1 aromatic carbocycles. The summed E-state index contributed by atoms with van der Waals surface area (Å²) in [5.41, 5.74) is 2.10. The minimum absolute atomic E-state index is 0.139. The molecule has 2 atom stereocenters. The third kappa shape index (κ3) is 3.22. The van der Waals surface area contributed by atoms with E-state index in [1.807, 2.05) is 40.3 Å². The Morgan fingerprint density at radius 3 is 2.61 bits per heavy atom. The van der Waals surface area contributed by atoms with Crippen molar-refractivity contribution in [2.75, 3.05) is 26.2 Å². The first-order valence-corrected chi connectivity index (χ1v) is 10.7. The van der Waals surface area contributed by atoms with Gasteiger partial charge in [0.25, 0.3) is 0 Å². The highest BCUT2D eigenvalue weighted by molar-refractivity contribution is 7.10. The molecule has 3 aromatic rings. The van der Waals surface area contributed by atoms with Crippen LogP contribution in [0.4, 0.5) is 0 Å². The number of nitrogens with zero attached hydrogens (tertiary/aromatic N) is 2. The Morgan fingerprint density at radius 2 is 1.82 bits per heavy atom. The maximum atomic E-state index is 12.8. The van der Waals surface area contributed by atoms with Crippen LogP contribution < -0.4 is 0 Å². The maximum Gasteiger partial charge on any atom is 0.227 e. The number of para-hydroxylation sites is 1. The van der Waals surface area contributed by atoms with Gasteiger partial charge in [-0.3, -0.25) is 9.59 Å². The summed E-state index contributed by atoms with van der Waals surface area (Å²) < 4.78 is 0. The molecule has 1 saturated heterocycles. The van der Waals surface area contributed by atoms with Crippen LogP contribution in [0.2, 0.25) is 0 Å². The number of thiophene rings is 1. The predicted octanol–water partition coefficient (Wildman–Crippen LogP) is 3.25. The van der Waals surface area contributed by atoms with Crippen LogP contribution in [0.3, 0.4) is 0 Å². The number of carbonyl (C=O) groups is 2. The van der Waals surface area contributed by atoms with Gasteiger partial charge in [-0.2, -0.15) is 0 Å². The molecule has 2 amide bonds. The van der Waals surface area contributed by atoms with E-state index in [0.29, 0.717) is 38.5 Å². The number of H-pyrrole nitrogens is 1. The zero-order chi connectivity index (χ0) is 19.1. The topological polar surface area (TPSA) is 56.4 Å². The third-order valence-corrected chi connectivity index (χ3v) is 6.98. The number of piperazine rings is 1. The summed E-state index contributed by atoms with van der Waals surface area (Å²) in [4.78, 5) is 33.9. The molecular formula is C22H23N3O2S. The second kappa shape index (κ2) is 7.09. The number of aromatic amines is 1. The number of hydrogen-bond acceptors (Lipinski definition) is 3. The molecule has 0 bridgehead atoms. The molecule has 6 heteroatoms. The van der Waals surface area contributed by atoms with Crippen molar-refractivity contribution in [3.05, 3.63) is 58.4 Å². The van der Waals surface area contributed by atoms with Gasteiger partial charge in [-0.1, -0.05) is 24.3 Å². The van der Waals surface area contributed by atoms with E-state index in [-0.39, 0.29) is 17.7 Å². The van der Waals surface area contributed by atoms with Crippen molar-refractivity contribution in [1.82, 2.24) is 14.8 Å². The fourth-order valence-corrected chi connectivity index (χ4v) is 5.15. The van der Waals surface area contributed by atoms with E-state index in [9.17, 15) is 9.59 Å². The minimum Gasteiger partial charge on any atom is -0.361 e. The second-order valence-corrected chi connectivity index (χ2v) is 8.69. The molecule has 0 spiro atoms. The first-order valence-electron chi connectivity index (χ1n) is 9.85. The molecule has 2 fully saturated rings. The Bertz CT molecular complexity index is 1000. The van der Waals surface area contributed by atoms with Crippen molar-refractivity contribution >= 4 is 34.1 Å². The lowest BCUT2D eigenvalue weighted by Crippen LogP contribution is -2.51. The van der Waals surface area contributed by atoms with Crippen molar-refractivity contribution in [2.24, 2.45) is 5.92 Å². The summed E-state index contributed by atoms with van der Waals surface area (Å²) in [6, 6.07) is 12.2. The minimum atomic E-state index is 0.139. The standard InChI is InChI=1S/C22H23N3O2S/c26-21(12-15-14-23-19-5-2-1-4-16(15)19)24-7-9-25(10-8-24)22(27)18-13-17(18)20-6-3-11-28-20/h1-6,11,14,17-18,23H,7-10,12-13H2. The quantitative estimate of drug-likeness (QED) is 0.740. The van der Waals surface area contributed by atoms with Gasteiger partial charge in [-0.25, -0.2) is 0 Å². The number of rotatable bonds is 4. The van der Waals surface area contributed by atoms with Crippen molar-refractivity contribution in [1.29, 1.82) is 0 Å². The molecule has 1 N–H and O–H groups in total. The van der Waals surface area contributed by atoms with Crippen molar-refractivity contribution in [3.8, 4) is 0 Å². The van der Waals surface area contributed by atoms with Crippen molar-refractivity contribution in [2.45, 2.75) is 18.8 Å². The van der Waals surface area contributed by atoms with E-state index in [1.54, 1.807) is 11.3 Å². The van der Waals surface area contributed by atoms with E-state index in [4.69, 9.17) is 0 Å². The Balaban J connectivity index is 1.16. The number of aromatic nitrogens is 1. The number of nitrogens with one attached hydrogen (secondary N) is 1. The Morgan fingerprint density at radius 1 is 1.04 bits per heavy atom. The summed E-state index contributed by atoms with van der Waals surface area (Å²) in [6.45, 7) is 2.55. The van der Waals surface area contributed by atoms with Crippen LogP contribution in [0.1, 0.15) is 22.8 Å². The van der Waals surface area contributed by atoms with Crippen LogP contribution in [0.5, 0.6) is 0 Å². The van der Waals surface area contributed by atoms with Gasteiger partial charge in [-0.15, -0.1) is 11.3 Å². The van der Waals surface area contributed by atoms with E-state index in [0.717, 1.165) is 22.9 Å². The zero-order valence-electron chi connectivity index (χ0n) is 15.6. The van der Waals surface area contributed by atoms with Gasteiger partial charge in [0.2, 0.25) is 11.8 Å². The monoisotopic (exact) mass is 393 g/mol. The zero-order valence-corrected chi connectivity index (χ0v) is 16.5. The number of hydrogen-bond donors (Lipinski definition) is 1. The van der Waals surface area contributed by atoms with Gasteiger partial charge >= 0.3 is 0 Å². The van der Waals surface area contributed by atoms with Gasteiger partial charge in [0.1, 0.15) is 0 Å².